The minimum atomic E-state index is -1.50. The summed E-state index contributed by atoms with van der Waals surface area (Å²) in [5.74, 6) is -1.25. The van der Waals surface area contributed by atoms with Gasteiger partial charge in [0.2, 0.25) is 0 Å². The van der Waals surface area contributed by atoms with Crippen LogP contribution in [-0.4, -0.2) is 16.2 Å². The summed E-state index contributed by atoms with van der Waals surface area (Å²) in [4.78, 5) is 10.7. The van der Waals surface area contributed by atoms with E-state index in [1.165, 1.54) is 0 Å². The van der Waals surface area contributed by atoms with Crippen LogP contribution in [0.2, 0.25) is 0 Å². The van der Waals surface area contributed by atoms with E-state index in [0.29, 0.717) is 10.0 Å². The fraction of sp³-hybridized carbons (Fsp3) is 0.0833. The van der Waals surface area contributed by atoms with Crippen LogP contribution in [-0.2, 0) is 4.79 Å². The number of halogens is 1. The number of carbonyl (C=O) groups is 1. The van der Waals surface area contributed by atoms with Gasteiger partial charge < -0.3 is 10.2 Å². The van der Waals surface area contributed by atoms with E-state index in [-0.39, 0.29) is 0 Å². The Kier molecular flexibility index (Phi) is 2.94. The lowest BCUT2D eigenvalue weighted by molar-refractivity contribution is -0.147. The minimum absolute atomic E-state index is 0.367. The Balaban J connectivity index is 2.65. The van der Waals surface area contributed by atoms with E-state index in [1.54, 1.807) is 12.1 Å². The number of hydrogen-bond donors (Lipinski definition) is 2. The van der Waals surface area contributed by atoms with Gasteiger partial charge in [0.05, 0.1) is 0 Å². The molecule has 0 radical (unpaired) electrons. The lowest BCUT2D eigenvalue weighted by atomic mass is 10.0. The molecule has 2 rings (SSSR count). The third-order valence-electron chi connectivity index (χ3n) is 2.42. The van der Waals surface area contributed by atoms with Crippen molar-refractivity contribution in [3.63, 3.8) is 0 Å². The second-order valence-electron chi connectivity index (χ2n) is 3.43. The lowest BCUT2D eigenvalue weighted by Crippen LogP contribution is -2.11. The molecule has 0 bridgehead atoms. The number of carboxylic acid groups (broad SMARTS) is 1. The maximum atomic E-state index is 10.7. The highest BCUT2D eigenvalue weighted by Gasteiger charge is 2.19. The number of benzene rings is 2. The summed E-state index contributed by atoms with van der Waals surface area (Å²) < 4.78 is 0.625. The Bertz CT molecular complexity index is 551. The summed E-state index contributed by atoms with van der Waals surface area (Å²) in [7, 11) is 0. The molecule has 2 aromatic rings. The zero-order chi connectivity index (χ0) is 11.7. The molecule has 16 heavy (non-hydrogen) atoms. The van der Waals surface area contributed by atoms with E-state index < -0.39 is 12.1 Å². The molecule has 0 unspecified atom stereocenters. The quantitative estimate of drug-likeness (QED) is 0.889. The van der Waals surface area contributed by atoms with Gasteiger partial charge in [-0.25, -0.2) is 4.79 Å². The molecule has 0 heterocycles. The van der Waals surface area contributed by atoms with Crippen molar-refractivity contribution >= 4 is 32.7 Å². The highest BCUT2D eigenvalue weighted by atomic mass is 79.9. The van der Waals surface area contributed by atoms with Crippen LogP contribution in [0.15, 0.2) is 40.9 Å². The summed E-state index contributed by atoms with van der Waals surface area (Å²) in [6.07, 6.45) is -1.50. The van der Waals surface area contributed by atoms with E-state index in [0.717, 1.165) is 10.8 Å². The Labute approximate surface area is 100 Å². The maximum absolute atomic E-state index is 10.7. The Hall–Kier alpha value is -1.39. The minimum Gasteiger partial charge on any atom is -0.479 e. The molecule has 0 aromatic heterocycles. The number of rotatable bonds is 2. The first-order valence-corrected chi connectivity index (χ1v) is 5.48. The summed E-state index contributed by atoms with van der Waals surface area (Å²) in [5, 5.41) is 20.2. The normalized spacial score (nSPS) is 12.6. The first-order valence-electron chi connectivity index (χ1n) is 4.69. The molecule has 1 atom stereocenters. The zero-order valence-electron chi connectivity index (χ0n) is 8.22. The highest BCUT2D eigenvalue weighted by molar-refractivity contribution is 9.10. The highest BCUT2D eigenvalue weighted by Crippen LogP contribution is 2.31. The summed E-state index contributed by atoms with van der Waals surface area (Å²) in [6, 6.07) is 11.0. The van der Waals surface area contributed by atoms with Crippen LogP contribution in [0.5, 0.6) is 0 Å². The number of aliphatic carboxylic acids is 1. The van der Waals surface area contributed by atoms with Crippen molar-refractivity contribution in [2.45, 2.75) is 6.10 Å². The van der Waals surface area contributed by atoms with Crippen LogP contribution >= 0.6 is 15.9 Å². The van der Waals surface area contributed by atoms with Gasteiger partial charge in [-0.15, -0.1) is 0 Å². The molecular weight excluding hydrogens is 272 g/mol. The van der Waals surface area contributed by atoms with Crippen LogP contribution in [0.3, 0.4) is 0 Å². The predicted molar refractivity (Wildman–Crippen MR) is 64.2 cm³/mol. The van der Waals surface area contributed by atoms with Gasteiger partial charge >= 0.3 is 5.97 Å². The Morgan fingerprint density at radius 2 is 1.88 bits per heavy atom. The van der Waals surface area contributed by atoms with Gasteiger partial charge in [0, 0.05) is 10.0 Å². The van der Waals surface area contributed by atoms with Crippen LogP contribution in [0, 0.1) is 0 Å². The van der Waals surface area contributed by atoms with Crippen molar-refractivity contribution in [3.05, 3.63) is 46.4 Å². The fourth-order valence-corrected chi connectivity index (χ4v) is 2.30. The molecule has 2 N–H and O–H groups in total. The summed E-state index contributed by atoms with van der Waals surface area (Å²) in [6.45, 7) is 0. The SMILES string of the molecule is O=C(O)[C@H](O)c1ccc2ccccc2c1Br. The van der Waals surface area contributed by atoms with Crippen LogP contribution in [0.1, 0.15) is 11.7 Å². The smallest absolute Gasteiger partial charge is 0.337 e. The predicted octanol–water partition coefficient (Wildman–Crippen LogP) is 2.72. The average Bonchev–Trinajstić information content (AvgIpc) is 2.29. The number of hydrogen-bond acceptors (Lipinski definition) is 2. The summed E-state index contributed by atoms with van der Waals surface area (Å²) in [5.41, 5.74) is 0.367. The van der Waals surface area contributed by atoms with Gasteiger partial charge in [-0.3, -0.25) is 0 Å². The van der Waals surface area contributed by atoms with Crippen molar-refractivity contribution < 1.29 is 15.0 Å². The van der Waals surface area contributed by atoms with Gasteiger partial charge in [0.25, 0.3) is 0 Å². The van der Waals surface area contributed by atoms with Crippen molar-refractivity contribution in [2.75, 3.05) is 0 Å². The van der Waals surface area contributed by atoms with Gasteiger partial charge in [0.1, 0.15) is 0 Å². The maximum Gasteiger partial charge on any atom is 0.337 e. The van der Waals surface area contributed by atoms with Gasteiger partial charge in [-0.2, -0.15) is 0 Å². The Morgan fingerprint density at radius 3 is 2.56 bits per heavy atom. The molecule has 82 valence electrons. The molecule has 0 saturated heterocycles. The molecule has 0 fully saturated rings. The van der Waals surface area contributed by atoms with Gasteiger partial charge in [0.15, 0.2) is 6.10 Å². The van der Waals surface area contributed by atoms with Gasteiger partial charge in [-0.1, -0.05) is 36.4 Å². The first kappa shape index (κ1) is 11.1. The number of carboxylic acids is 1. The van der Waals surface area contributed by atoms with Crippen molar-refractivity contribution in [1.82, 2.24) is 0 Å². The average molecular weight is 281 g/mol. The third kappa shape index (κ3) is 1.81. The molecule has 3 nitrogen and oxygen atoms in total. The monoisotopic (exact) mass is 280 g/mol. The molecule has 4 heteroatoms. The molecule has 0 aliphatic rings. The Morgan fingerprint density at radius 1 is 1.19 bits per heavy atom. The zero-order valence-corrected chi connectivity index (χ0v) is 9.81. The van der Waals surface area contributed by atoms with E-state index in [2.05, 4.69) is 15.9 Å². The van der Waals surface area contributed by atoms with Crippen molar-refractivity contribution in [2.24, 2.45) is 0 Å². The van der Waals surface area contributed by atoms with E-state index >= 15 is 0 Å². The molecule has 0 spiro atoms. The molecular formula is C12H9BrO3. The number of aliphatic hydroxyl groups is 1. The molecule has 0 aliphatic heterocycles. The van der Waals surface area contributed by atoms with Crippen molar-refractivity contribution in [1.29, 1.82) is 0 Å². The van der Waals surface area contributed by atoms with E-state index in [9.17, 15) is 9.90 Å². The second-order valence-corrected chi connectivity index (χ2v) is 4.22. The van der Waals surface area contributed by atoms with Crippen LogP contribution in [0.25, 0.3) is 10.8 Å². The largest absolute Gasteiger partial charge is 0.479 e. The molecule has 0 aliphatic carbocycles. The molecule has 0 saturated carbocycles. The molecule has 2 aromatic carbocycles. The third-order valence-corrected chi connectivity index (χ3v) is 3.31. The molecule has 0 amide bonds. The first-order chi connectivity index (χ1) is 7.61. The number of fused-ring (bicyclic) bond motifs is 1. The topological polar surface area (TPSA) is 57.5 Å². The van der Waals surface area contributed by atoms with Crippen LogP contribution in [0.4, 0.5) is 0 Å². The van der Waals surface area contributed by atoms with Crippen LogP contribution < -0.4 is 0 Å². The van der Waals surface area contributed by atoms with E-state index in [1.807, 2.05) is 24.3 Å². The van der Waals surface area contributed by atoms with E-state index in [4.69, 9.17) is 5.11 Å². The lowest BCUT2D eigenvalue weighted by Gasteiger charge is -2.10. The van der Waals surface area contributed by atoms with Crippen molar-refractivity contribution in [3.8, 4) is 0 Å². The summed E-state index contributed by atoms with van der Waals surface area (Å²) >= 11 is 3.33. The number of aliphatic hydroxyl groups excluding tert-OH is 1. The van der Waals surface area contributed by atoms with Gasteiger partial charge in [-0.05, 0) is 26.7 Å². The second kappa shape index (κ2) is 4.23. The standard InChI is InChI=1S/C12H9BrO3/c13-10-8-4-2-1-3-7(8)5-6-9(10)11(14)12(15)16/h1-6,11,14H,(H,15,16)/t11-/m1/s1. The fourth-order valence-electron chi connectivity index (χ4n) is 1.59.